The van der Waals surface area contributed by atoms with E-state index in [2.05, 4.69) is 31.9 Å². The smallest absolute Gasteiger partial charge is 0.160 e. The standard InChI is InChI=1S/C19H22ClN3O/c1-6-23-17(16(20)12(2)22-23)18(24)15(11-21)13-7-9-14(10-8-13)19(3,4)5/h7-10,24H,6H2,1-5H3/b18-15-. The molecule has 0 aliphatic heterocycles. The average Bonchev–Trinajstić information content (AvgIpc) is 2.82. The van der Waals surface area contributed by atoms with Gasteiger partial charge in [-0.05, 0) is 30.4 Å². The van der Waals surface area contributed by atoms with Gasteiger partial charge in [-0.2, -0.15) is 10.4 Å². The van der Waals surface area contributed by atoms with Crippen LogP contribution in [0.3, 0.4) is 0 Å². The first-order valence-electron chi connectivity index (χ1n) is 7.88. The maximum atomic E-state index is 10.7. The molecule has 126 valence electrons. The molecule has 2 aromatic rings. The van der Waals surface area contributed by atoms with Gasteiger partial charge in [0.1, 0.15) is 17.3 Å². The molecule has 0 unspecified atom stereocenters. The van der Waals surface area contributed by atoms with Crippen molar-refractivity contribution in [3.8, 4) is 6.07 Å². The van der Waals surface area contributed by atoms with Gasteiger partial charge < -0.3 is 5.11 Å². The van der Waals surface area contributed by atoms with E-state index in [1.54, 1.807) is 11.6 Å². The van der Waals surface area contributed by atoms with Crippen molar-refractivity contribution in [3.05, 3.63) is 51.8 Å². The zero-order valence-electron chi connectivity index (χ0n) is 14.7. The van der Waals surface area contributed by atoms with Crippen molar-refractivity contribution in [1.82, 2.24) is 9.78 Å². The summed E-state index contributed by atoms with van der Waals surface area (Å²) in [7, 11) is 0. The highest BCUT2D eigenvalue weighted by atomic mass is 35.5. The fourth-order valence-electron chi connectivity index (χ4n) is 2.52. The second-order valence-corrected chi connectivity index (χ2v) is 7.10. The molecule has 0 amide bonds. The number of halogens is 1. The molecule has 0 saturated carbocycles. The van der Waals surface area contributed by atoms with Crippen molar-refractivity contribution in [2.75, 3.05) is 0 Å². The first-order chi connectivity index (χ1) is 11.2. The lowest BCUT2D eigenvalue weighted by Crippen LogP contribution is -2.10. The Morgan fingerprint density at radius 2 is 1.88 bits per heavy atom. The van der Waals surface area contributed by atoms with E-state index < -0.39 is 0 Å². The van der Waals surface area contributed by atoms with E-state index >= 15 is 0 Å². The number of aliphatic hydroxyl groups is 1. The van der Waals surface area contributed by atoms with E-state index in [-0.39, 0.29) is 16.7 Å². The number of aryl methyl sites for hydroxylation is 2. The molecule has 0 fully saturated rings. The second kappa shape index (κ2) is 6.70. The van der Waals surface area contributed by atoms with Gasteiger partial charge in [0.2, 0.25) is 0 Å². The monoisotopic (exact) mass is 343 g/mol. The summed E-state index contributed by atoms with van der Waals surface area (Å²) in [5, 5.41) is 24.9. The molecule has 2 rings (SSSR count). The predicted octanol–water partition coefficient (Wildman–Crippen LogP) is 5.11. The summed E-state index contributed by atoms with van der Waals surface area (Å²) in [4.78, 5) is 0. The first kappa shape index (κ1) is 18.1. The lowest BCUT2D eigenvalue weighted by Gasteiger charge is -2.19. The number of nitriles is 1. The van der Waals surface area contributed by atoms with Gasteiger partial charge >= 0.3 is 0 Å². The third kappa shape index (κ3) is 3.32. The van der Waals surface area contributed by atoms with Gasteiger partial charge in [-0.3, -0.25) is 4.68 Å². The molecule has 1 N–H and O–H groups in total. The Bertz CT molecular complexity index is 818. The first-order valence-corrected chi connectivity index (χ1v) is 8.26. The molecule has 1 aromatic carbocycles. The highest BCUT2D eigenvalue weighted by molar-refractivity contribution is 6.33. The summed E-state index contributed by atoms with van der Waals surface area (Å²) < 4.78 is 1.61. The van der Waals surface area contributed by atoms with Crippen LogP contribution in [-0.2, 0) is 12.0 Å². The molecule has 4 nitrogen and oxygen atoms in total. The van der Waals surface area contributed by atoms with E-state index in [4.69, 9.17) is 11.6 Å². The van der Waals surface area contributed by atoms with Crippen molar-refractivity contribution >= 4 is 22.9 Å². The maximum Gasteiger partial charge on any atom is 0.160 e. The average molecular weight is 344 g/mol. The van der Waals surface area contributed by atoms with Crippen LogP contribution in [0.4, 0.5) is 0 Å². The minimum Gasteiger partial charge on any atom is -0.504 e. The number of aliphatic hydroxyl groups excluding tert-OH is 1. The van der Waals surface area contributed by atoms with Gasteiger partial charge in [0.25, 0.3) is 0 Å². The third-order valence-electron chi connectivity index (χ3n) is 3.97. The summed E-state index contributed by atoms with van der Waals surface area (Å²) >= 11 is 6.27. The number of hydrogen-bond acceptors (Lipinski definition) is 3. The SMILES string of the molecule is CCn1nc(C)c(Cl)c1/C(O)=C(\C#N)c1ccc(C(C)(C)C)cc1. The third-order valence-corrected chi connectivity index (χ3v) is 4.42. The minimum atomic E-state index is -0.145. The summed E-state index contributed by atoms with van der Waals surface area (Å²) in [6, 6.07) is 9.74. The van der Waals surface area contributed by atoms with Crippen LogP contribution < -0.4 is 0 Å². The summed E-state index contributed by atoms with van der Waals surface area (Å²) in [6.07, 6.45) is 0. The van der Waals surface area contributed by atoms with Gasteiger partial charge in [-0.1, -0.05) is 56.6 Å². The molecule has 0 bridgehead atoms. The van der Waals surface area contributed by atoms with Crippen LogP contribution in [0.2, 0.25) is 5.02 Å². The highest BCUT2D eigenvalue weighted by Crippen LogP contribution is 2.32. The Morgan fingerprint density at radius 1 is 1.29 bits per heavy atom. The van der Waals surface area contributed by atoms with Gasteiger partial charge in [0, 0.05) is 6.54 Å². The van der Waals surface area contributed by atoms with Gasteiger partial charge in [-0.15, -0.1) is 0 Å². The number of benzene rings is 1. The molecule has 0 aliphatic rings. The largest absolute Gasteiger partial charge is 0.504 e. The molecule has 1 aromatic heterocycles. The number of aromatic nitrogens is 2. The summed E-state index contributed by atoms with van der Waals surface area (Å²) in [6.45, 7) is 10.6. The van der Waals surface area contributed by atoms with Crippen LogP contribution in [0.15, 0.2) is 24.3 Å². The minimum absolute atomic E-state index is 0.0261. The lowest BCUT2D eigenvalue weighted by atomic mass is 9.86. The normalized spacial score (nSPS) is 12.7. The lowest BCUT2D eigenvalue weighted by molar-refractivity contribution is 0.497. The topological polar surface area (TPSA) is 61.8 Å². The van der Waals surface area contributed by atoms with Gasteiger partial charge in [0.15, 0.2) is 5.76 Å². The molecule has 24 heavy (non-hydrogen) atoms. The predicted molar refractivity (Wildman–Crippen MR) is 97.8 cm³/mol. The molecular weight excluding hydrogens is 322 g/mol. The van der Waals surface area contributed by atoms with Crippen LogP contribution in [-0.4, -0.2) is 14.9 Å². The fraction of sp³-hybridized carbons (Fsp3) is 0.368. The van der Waals surface area contributed by atoms with Crippen LogP contribution in [0, 0.1) is 18.3 Å². The van der Waals surface area contributed by atoms with Crippen molar-refractivity contribution in [2.24, 2.45) is 0 Å². The Labute approximate surface area is 148 Å². The zero-order valence-corrected chi connectivity index (χ0v) is 15.4. The van der Waals surface area contributed by atoms with E-state index in [1.165, 1.54) is 0 Å². The van der Waals surface area contributed by atoms with Crippen LogP contribution >= 0.6 is 11.6 Å². The summed E-state index contributed by atoms with van der Waals surface area (Å²) in [5.41, 5.74) is 3.04. The van der Waals surface area contributed by atoms with Gasteiger partial charge in [0.05, 0.1) is 10.7 Å². The second-order valence-electron chi connectivity index (χ2n) is 6.73. The van der Waals surface area contributed by atoms with Crippen molar-refractivity contribution < 1.29 is 5.11 Å². The van der Waals surface area contributed by atoms with Gasteiger partial charge in [-0.25, -0.2) is 0 Å². The van der Waals surface area contributed by atoms with Crippen LogP contribution in [0.25, 0.3) is 11.3 Å². The molecular formula is C19H22ClN3O. The molecule has 0 atom stereocenters. The number of allylic oxidation sites excluding steroid dienone is 1. The van der Waals surface area contributed by atoms with Crippen LogP contribution in [0.5, 0.6) is 0 Å². The molecule has 0 saturated heterocycles. The molecule has 1 heterocycles. The van der Waals surface area contributed by atoms with Crippen molar-refractivity contribution in [2.45, 2.75) is 46.6 Å². The summed E-state index contributed by atoms with van der Waals surface area (Å²) in [5.74, 6) is -0.145. The Balaban J connectivity index is 2.59. The zero-order chi connectivity index (χ0) is 18.1. The number of hydrogen-bond donors (Lipinski definition) is 1. The fourth-order valence-corrected chi connectivity index (χ4v) is 2.75. The van der Waals surface area contributed by atoms with Crippen molar-refractivity contribution in [1.29, 1.82) is 5.26 Å². The quantitative estimate of drug-likeness (QED) is 0.622. The number of rotatable bonds is 3. The van der Waals surface area contributed by atoms with E-state index in [1.807, 2.05) is 31.2 Å². The Hall–Kier alpha value is -2.25. The Morgan fingerprint density at radius 3 is 2.33 bits per heavy atom. The Kier molecular flexibility index (Phi) is 5.05. The number of nitrogens with zero attached hydrogens (tertiary/aromatic N) is 3. The van der Waals surface area contributed by atoms with E-state index in [9.17, 15) is 10.4 Å². The maximum absolute atomic E-state index is 10.7. The van der Waals surface area contributed by atoms with Crippen molar-refractivity contribution in [3.63, 3.8) is 0 Å². The van der Waals surface area contributed by atoms with E-state index in [0.717, 1.165) is 5.56 Å². The molecule has 0 spiro atoms. The molecule has 5 heteroatoms. The molecule has 0 radical (unpaired) electrons. The molecule has 0 aliphatic carbocycles. The van der Waals surface area contributed by atoms with Crippen LogP contribution in [0.1, 0.15) is 50.2 Å². The highest BCUT2D eigenvalue weighted by Gasteiger charge is 2.21. The van der Waals surface area contributed by atoms with E-state index in [0.29, 0.717) is 28.5 Å².